The molecule has 29 heavy (non-hydrogen) atoms. The molecule has 2 fully saturated rings. The smallest absolute Gasteiger partial charge is 0.222 e. The van der Waals surface area contributed by atoms with Gasteiger partial charge in [-0.2, -0.15) is 0 Å². The second kappa shape index (κ2) is 12.9. The Labute approximate surface area is 192 Å². The maximum atomic E-state index is 12.1. The Morgan fingerprint density at radius 3 is 2.55 bits per heavy atom. The molecule has 0 aromatic carbocycles. The molecule has 1 unspecified atom stereocenters. The zero-order valence-electron chi connectivity index (χ0n) is 17.7. The molecule has 0 aromatic rings. The van der Waals surface area contributed by atoms with Gasteiger partial charge < -0.3 is 20.7 Å². The van der Waals surface area contributed by atoms with Crippen LogP contribution in [0.4, 0.5) is 0 Å². The van der Waals surface area contributed by atoms with Gasteiger partial charge in [-0.25, -0.2) is 8.42 Å². The standard InChI is InChI=1S/C19H36N4O4S.HI/c1-3-20-18(22-15-19(10-12-27-2)8-4-5-9-19)21-11-6-17(24)23-16-7-13-28(25,26)14-16;/h16H,3-15H2,1-2H3,(H,23,24)(H2,20,21,22);1H. The Bertz CT molecular complexity index is 636. The van der Waals surface area contributed by atoms with E-state index in [2.05, 4.69) is 16.0 Å². The second-order valence-electron chi connectivity index (χ2n) is 7.99. The van der Waals surface area contributed by atoms with Crippen molar-refractivity contribution < 1.29 is 17.9 Å². The number of sulfone groups is 1. The van der Waals surface area contributed by atoms with Crippen molar-refractivity contribution in [3.63, 3.8) is 0 Å². The van der Waals surface area contributed by atoms with E-state index in [0.29, 0.717) is 13.0 Å². The SMILES string of the molecule is CCNC(=NCC1(CCOC)CCCC1)NCCC(=O)NC1CCS(=O)(=O)C1.I. The van der Waals surface area contributed by atoms with Gasteiger partial charge in [0.2, 0.25) is 5.91 Å². The minimum Gasteiger partial charge on any atom is -0.385 e. The van der Waals surface area contributed by atoms with E-state index in [9.17, 15) is 13.2 Å². The highest BCUT2D eigenvalue weighted by Crippen LogP contribution is 2.41. The summed E-state index contributed by atoms with van der Waals surface area (Å²) in [5, 5.41) is 9.27. The van der Waals surface area contributed by atoms with E-state index in [1.165, 1.54) is 25.7 Å². The van der Waals surface area contributed by atoms with Gasteiger partial charge in [0.05, 0.1) is 11.5 Å². The Kier molecular flexibility index (Phi) is 11.8. The molecule has 0 aromatic heterocycles. The zero-order chi connectivity index (χ0) is 20.5. The molecule has 0 spiro atoms. The van der Waals surface area contributed by atoms with Crippen LogP contribution in [0.5, 0.6) is 0 Å². The number of aliphatic imine (C=N–C) groups is 1. The molecule has 1 saturated carbocycles. The lowest BCUT2D eigenvalue weighted by Crippen LogP contribution is -2.41. The number of carbonyl (C=O) groups excluding carboxylic acids is 1. The molecule has 1 aliphatic heterocycles. The molecule has 8 nitrogen and oxygen atoms in total. The molecule has 1 saturated heterocycles. The van der Waals surface area contributed by atoms with E-state index in [4.69, 9.17) is 9.73 Å². The molecule has 1 atom stereocenters. The second-order valence-corrected chi connectivity index (χ2v) is 10.2. The van der Waals surface area contributed by atoms with Crippen LogP contribution in [-0.2, 0) is 19.4 Å². The number of hydrogen-bond donors (Lipinski definition) is 3. The van der Waals surface area contributed by atoms with Gasteiger partial charge in [-0.3, -0.25) is 9.79 Å². The van der Waals surface area contributed by atoms with Gasteiger partial charge in [0.25, 0.3) is 0 Å². The molecule has 1 aliphatic carbocycles. The van der Waals surface area contributed by atoms with Crippen molar-refractivity contribution in [1.82, 2.24) is 16.0 Å². The molecule has 0 bridgehead atoms. The lowest BCUT2D eigenvalue weighted by Gasteiger charge is -2.27. The summed E-state index contributed by atoms with van der Waals surface area (Å²) in [5.41, 5.74) is 0.226. The first kappa shape index (κ1) is 26.4. The first-order valence-corrected chi connectivity index (χ1v) is 12.2. The summed E-state index contributed by atoms with van der Waals surface area (Å²) in [5.74, 6) is 0.818. The van der Waals surface area contributed by atoms with Crippen molar-refractivity contribution in [2.45, 2.75) is 57.9 Å². The number of hydrogen-bond acceptors (Lipinski definition) is 5. The largest absolute Gasteiger partial charge is 0.385 e. The average Bonchev–Trinajstić information content (AvgIpc) is 3.24. The molecular weight excluding hydrogens is 507 g/mol. The Morgan fingerprint density at radius 1 is 1.24 bits per heavy atom. The number of guanidine groups is 1. The lowest BCUT2D eigenvalue weighted by atomic mass is 9.83. The van der Waals surface area contributed by atoms with Crippen molar-refractivity contribution in [2.75, 3.05) is 44.9 Å². The van der Waals surface area contributed by atoms with Crippen LogP contribution in [0.25, 0.3) is 0 Å². The van der Waals surface area contributed by atoms with Gasteiger partial charge in [-0.05, 0) is 38.0 Å². The first-order chi connectivity index (χ1) is 13.4. The fourth-order valence-corrected chi connectivity index (χ4v) is 5.70. The molecule has 3 N–H and O–H groups in total. The van der Waals surface area contributed by atoms with E-state index in [1.807, 2.05) is 6.92 Å². The van der Waals surface area contributed by atoms with Gasteiger partial charge in [0, 0.05) is 45.8 Å². The van der Waals surface area contributed by atoms with E-state index >= 15 is 0 Å². The molecule has 10 heteroatoms. The number of halogens is 1. The Balaban J connectivity index is 0.00000420. The van der Waals surface area contributed by atoms with E-state index in [1.54, 1.807) is 7.11 Å². The Hall–Kier alpha value is -0.620. The predicted octanol–water partition coefficient (Wildman–Crippen LogP) is 1.45. The highest BCUT2D eigenvalue weighted by atomic mass is 127. The van der Waals surface area contributed by atoms with Crippen molar-refractivity contribution in [1.29, 1.82) is 0 Å². The van der Waals surface area contributed by atoms with Gasteiger partial charge in [0.15, 0.2) is 15.8 Å². The van der Waals surface area contributed by atoms with Crippen LogP contribution in [-0.4, -0.2) is 71.2 Å². The summed E-state index contributed by atoms with van der Waals surface area (Å²) < 4.78 is 28.2. The molecule has 170 valence electrons. The molecule has 0 radical (unpaired) electrons. The normalized spacial score (nSPS) is 22.7. The number of amides is 1. The molecule has 1 amide bonds. The molecule has 1 heterocycles. The number of carbonyl (C=O) groups is 1. The fourth-order valence-electron chi connectivity index (χ4n) is 4.02. The maximum absolute atomic E-state index is 12.1. The number of nitrogens with one attached hydrogen (secondary N) is 3. The van der Waals surface area contributed by atoms with Gasteiger partial charge in [-0.1, -0.05) is 12.8 Å². The Morgan fingerprint density at radius 2 is 1.97 bits per heavy atom. The monoisotopic (exact) mass is 544 g/mol. The van der Waals surface area contributed by atoms with Crippen LogP contribution in [0.2, 0.25) is 0 Å². The van der Waals surface area contributed by atoms with Crippen LogP contribution >= 0.6 is 24.0 Å². The van der Waals surface area contributed by atoms with E-state index in [-0.39, 0.29) is 59.3 Å². The van der Waals surface area contributed by atoms with E-state index in [0.717, 1.165) is 32.1 Å². The van der Waals surface area contributed by atoms with Crippen LogP contribution in [0.3, 0.4) is 0 Å². The van der Waals surface area contributed by atoms with Crippen LogP contribution in [0.1, 0.15) is 51.9 Å². The molecular formula is C19H37IN4O4S. The highest BCUT2D eigenvalue weighted by molar-refractivity contribution is 14.0. The van der Waals surface area contributed by atoms with Crippen molar-refractivity contribution >= 4 is 45.7 Å². The van der Waals surface area contributed by atoms with Gasteiger partial charge >= 0.3 is 0 Å². The van der Waals surface area contributed by atoms with Crippen molar-refractivity contribution in [3.05, 3.63) is 0 Å². The summed E-state index contributed by atoms with van der Waals surface area (Å²) >= 11 is 0. The summed E-state index contributed by atoms with van der Waals surface area (Å²) in [6, 6.07) is -0.248. The molecule has 2 rings (SSSR count). The molecule has 2 aliphatic rings. The van der Waals surface area contributed by atoms with E-state index < -0.39 is 9.84 Å². The third-order valence-electron chi connectivity index (χ3n) is 5.66. The quantitative estimate of drug-likeness (QED) is 0.218. The van der Waals surface area contributed by atoms with Gasteiger partial charge in [0.1, 0.15) is 0 Å². The average molecular weight is 545 g/mol. The fraction of sp³-hybridized carbons (Fsp3) is 0.895. The summed E-state index contributed by atoms with van der Waals surface area (Å²) in [6.07, 6.45) is 6.70. The van der Waals surface area contributed by atoms with Crippen LogP contribution in [0, 0.1) is 5.41 Å². The number of nitrogens with zero attached hydrogens (tertiary/aromatic N) is 1. The predicted molar refractivity (Wildman–Crippen MR) is 127 cm³/mol. The third-order valence-corrected chi connectivity index (χ3v) is 7.43. The highest BCUT2D eigenvalue weighted by Gasteiger charge is 2.33. The summed E-state index contributed by atoms with van der Waals surface area (Å²) in [7, 11) is -1.24. The number of rotatable bonds is 10. The first-order valence-electron chi connectivity index (χ1n) is 10.4. The summed E-state index contributed by atoms with van der Waals surface area (Å²) in [4.78, 5) is 16.8. The van der Waals surface area contributed by atoms with Crippen molar-refractivity contribution in [3.8, 4) is 0 Å². The van der Waals surface area contributed by atoms with Gasteiger partial charge in [-0.15, -0.1) is 24.0 Å². The minimum absolute atomic E-state index is 0. The van der Waals surface area contributed by atoms with Crippen molar-refractivity contribution in [2.24, 2.45) is 10.4 Å². The van der Waals surface area contributed by atoms with Crippen LogP contribution in [0.15, 0.2) is 4.99 Å². The minimum atomic E-state index is -2.98. The number of ether oxygens (including phenoxy) is 1. The van der Waals surface area contributed by atoms with Crippen LogP contribution < -0.4 is 16.0 Å². The topological polar surface area (TPSA) is 109 Å². The maximum Gasteiger partial charge on any atom is 0.222 e. The number of methoxy groups -OCH3 is 1. The third kappa shape index (κ3) is 9.37. The summed E-state index contributed by atoms with van der Waals surface area (Å²) in [6.45, 7) is 4.75. The lowest BCUT2D eigenvalue weighted by molar-refractivity contribution is -0.121. The zero-order valence-corrected chi connectivity index (χ0v) is 20.8.